The molecule has 14 heavy (non-hydrogen) atoms. The van der Waals surface area contributed by atoms with Crippen LogP contribution in [0.25, 0.3) is 5.70 Å². The highest BCUT2D eigenvalue weighted by Crippen LogP contribution is 2.23. The Kier molecular flexibility index (Phi) is 1.64. The number of carbonyl (C=O) groups is 2. The van der Waals surface area contributed by atoms with Crippen LogP contribution in [0.4, 0.5) is 0 Å². The molecule has 1 aromatic carbocycles. The third-order valence-corrected chi connectivity index (χ3v) is 2.20. The van der Waals surface area contributed by atoms with Crippen LogP contribution in [0.2, 0.25) is 0 Å². The zero-order valence-electron chi connectivity index (χ0n) is 7.28. The second-order valence-electron chi connectivity index (χ2n) is 3.03. The van der Waals surface area contributed by atoms with Gasteiger partial charge in [0.15, 0.2) is 0 Å². The molecule has 0 heterocycles. The fourth-order valence-electron chi connectivity index (χ4n) is 1.43. The Balaban J connectivity index is 2.78. The van der Waals surface area contributed by atoms with Crippen LogP contribution in [0.3, 0.4) is 0 Å². The van der Waals surface area contributed by atoms with Gasteiger partial charge in [-0.1, -0.05) is 24.3 Å². The Hall–Kier alpha value is -2.10. The van der Waals surface area contributed by atoms with Gasteiger partial charge in [-0.15, -0.1) is 0 Å². The quantitative estimate of drug-likeness (QED) is 0.563. The Morgan fingerprint density at radius 3 is 2.00 bits per heavy atom. The van der Waals surface area contributed by atoms with E-state index in [1.807, 2.05) is 0 Å². The van der Waals surface area contributed by atoms with Crippen LogP contribution in [0, 0.1) is 0 Å². The van der Waals surface area contributed by atoms with Crippen molar-refractivity contribution in [3.8, 4) is 0 Å². The predicted molar refractivity (Wildman–Crippen MR) is 51.1 cm³/mol. The molecule has 1 aromatic rings. The minimum atomic E-state index is -0.721. The number of Topliss-reactive ketones (excluding diaryl/α,β-unsaturated/α-hetero) is 2. The lowest BCUT2D eigenvalue weighted by atomic mass is 9.91. The summed E-state index contributed by atoms with van der Waals surface area (Å²) in [4.78, 5) is 22.7. The maximum atomic E-state index is 11.5. The molecule has 0 aromatic heterocycles. The van der Waals surface area contributed by atoms with E-state index in [-0.39, 0.29) is 11.4 Å². The predicted octanol–water partition coefficient (Wildman–Crippen LogP) is 0.0380. The molecule has 0 radical (unpaired) electrons. The van der Waals surface area contributed by atoms with Gasteiger partial charge in [-0.25, -0.2) is 0 Å². The molecule has 0 saturated carbocycles. The summed E-state index contributed by atoms with van der Waals surface area (Å²) in [6.07, 6.45) is 0. The Bertz CT molecular complexity index is 475. The van der Waals surface area contributed by atoms with Crippen molar-refractivity contribution < 1.29 is 9.59 Å². The summed E-state index contributed by atoms with van der Waals surface area (Å²) in [7, 11) is 0. The van der Waals surface area contributed by atoms with Crippen molar-refractivity contribution in [3.05, 3.63) is 41.1 Å². The summed E-state index contributed by atoms with van der Waals surface area (Å²) in [5, 5.41) is 0. The maximum Gasteiger partial charge on any atom is 0.251 e. The van der Waals surface area contributed by atoms with Crippen LogP contribution in [-0.4, -0.2) is 11.6 Å². The van der Waals surface area contributed by atoms with Gasteiger partial charge in [0.25, 0.3) is 5.78 Å². The number of hydrogen-bond acceptors (Lipinski definition) is 4. The molecule has 0 bridgehead atoms. The van der Waals surface area contributed by atoms with E-state index in [0.717, 1.165) is 0 Å². The molecule has 0 unspecified atom stereocenters. The van der Waals surface area contributed by atoms with Crippen LogP contribution in [-0.2, 0) is 4.79 Å². The molecule has 0 aliphatic heterocycles. The van der Waals surface area contributed by atoms with Gasteiger partial charge < -0.3 is 11.5 Å². The minimum Gasteiger partial charge on any atom is -0.396 e. The lowest BCUT2D eigenvalue weighted by molar-refractivity contribution is -0.111. The topological polar surface area (TPSA) is 86.2 Å². The van der Waals surface area contributed by atoms with E-state index >= 15 is 0 Å². The van der Waals surface area contributed by atoms with Crippen LogP contribution in [0.5, 0.6) is 0 Å². The van der Waals surface area contributed by atoms with Crippen molar-refractivity contribution in [2.75, 3.05) is 0 Å². The highest BCUT2D eigenvalue weighted by atomic mass is 16.2. The summed E-state index contributed by atoms with van der Waals surface area (Å²) < 4.78 is 0. The largest absolute Gasteiger partial charge is 0.396 e. The van der Waals surface area contributed by atoms with E-state index in [4.69, 9.17) is 11.5 Å². The third-order valence-electron chi connectivity index (χ3n) is 2.20. The molecular formula is C10H8N2O2. The van der Waals surface area contributed by atoms with E-state index in [1.165, 1.54) is 0 Å². The number of allylic oxidation sites excluding steroid dienone is 1. The first kappa shape index (κ1) is 8.50. The SMILES string of the molecule is NC1=C(N)c2ccccc2C(=O)C1=O. The van der Waals surface area contributed by atoms with Gasteiger partial charge in [0.1, 0.15) is 5.70 Å². The molecule has 0 fully saturated rings. The summed E-state index contributed by atoms with van der Waals surface area (Å²) >= 11 is 0. The van der Waals surface area contributed by atoms with Crippen LogP contribution in [0.1, 0.15) is 15.9 Å². The van der Waals surface area contributed by atoms with Crippen molar-refractivity contribution in [3.63, 3.8) is 0 Å². The van der Waals surface area contributed by atoms with Crippen molar-refractivity contribution in [2.45, 2.75) is 0 Å². The number of rotatable bonds is 0. The van der Waals surface area contributed by atoms with E-state index in [1.54, 1.807) is 24.3 Å². The maximum absolute atomic E-state index is 11.5. The molecule has 1 aliphatic rings. The highest BCUT2D eigenvalue weighted by molar-refractivity contribution is 6.52. The number of ketones is 2. The molecule has 0 spiro atoms. The monoisotopic (exact) mass is 188 g/mol. The van der Waals surface area contributed by atoms with Gasteiger partial charge in [-0.05, 0) is 0 Å². The van der Waals surface area contributed by atoms with Crippen molar-refractivity contribution in [1.82, 2.24) is 0 Å². The molecule has 0 amide bonds. The molecule has 4 N–H and O–H groups in total. The Morgan fingerprint density at radius 1 is 0.786 bits per heavy atom. The second kappa shape index (κ2) is 2.70. The molecule has 4 nitrogen and oxygen atoms in total. The Labute approximate surface area is 80.2 Å². The lowest BCUT2D eigenvalue weighted by Gasteiger charge is -2.15. The number of nitrogens with two attached hydrogens (primary N) is 2. The normalized spacial score (nSPS) is 15.7. The van der Waals surface area contributed by atoms with Gasteiger partial charge in [0, 0.05) is 11.1 Å². The van der Waals surface area contributed by atoms with Gasteiger partial charge in [-0.3, -0.25) is 9.59 Å². The molecule has 4 heteroatoms. The highest BCUT2D eigenvalue weighted by Gasteiger charge is 2.29. The molecule has 70 valence electrons. The number of carbonyl (C=O) groups excluding carboxylic acids is 2. The number of hydrogen-bond donors (Lipinski definition) is 2. The molecule has 1 aliphatic carbocycles. The van der Waals surface area contributed by atoms with Gasteiger partial charge >= 0.3 is 0 Å². The standard InChI is InChI=1S/C10H8N2O2/c11-7-5-3-1-2-4-6(5)9(13)10(14)8(7)12/h1-4H,11-12H2. The van der Waals surface area contributed by atoms with E-state index in [2.05, 4.69) is 0 Å². The van der Waals surface area contributed by atoms with Crippen LogP contribution < -0.4 is 11.5 Å². The first-order valence-electron chi connectivity index (χ1n) is 4.06. The lowest BCUT2D eigenvalue weighted by Crippen LogP contribution is -2.30. The van der Waals surface area contributed by atoms with Gasteiger partial charge in [0.2, 0.25) is 5.78 Å². The van der Waals surface area contributed by atoms with Crippen molar-refractivity contribution >= 4 is 17.3 Å². The third kappa shape index (κ3) is 0.939. The zero-order valence-corrected chi connectivity index (χ0v) is 7.28. The number of fused-ring (bicyclic) bond motifs is 1. The summed E-state index contributed by atoms with van der Waals surface area (Å²) in [6, 6.07) is 6.65. The first-order valence-corrected chi connectivity index (χ1v) is 4.06. The average molecular weight is 188 g/mol. The van der Waals surface area contributed by atoms with Gasteiger partial charge in [0.05, 0.1) is 5.70 Å². The van der Waals surface area contributed by atoms with Crippen LogP contribution in [0.15, 0.2) is 30.0 Å². The summed E-state index contributed by atoms with van der Waals surface area (Å²) in [6.45, 7) is 0. The van der Waals surface area contributed by atoms with E-state index in [0.29, 0.717) is 11.1 Å². The van der Waals surface area contributed by atoms with Crippen LogP contribution >= 0.6 is 0 Å². The smallest absolute Gasteiger partial charge is 0.251 e. The molecule has 0 atom stereocenters. The average Bonchev–Trinajstić information content (AvgIpc) is 2.23. The number of benzene rings is 1. The summed E-state index contributed by atoms with van der Waals surface area (Å²) in [5.41, 5.74) is 11.9. The fourth-order valence-corrected chi connectivity index (χ4v) is 1.43. The summed E-state index contributed by atoms with van der Waals surface area (Å²) in [5.74, 6) is -1.31. The van der Waals surface area contributed by atoms with Crippen molar-refractivity contribution in [2.24, 2.45) is 11.5 Å². The fraction of sp³-hybridized carbons (Fsp3) is 0. The van der Waals surface area contributed by atoms with Gasteiger partial charge in [-0.2, -0.15) is 0 Å². The molecular weight excluding hydrogens is 180 g/mol. The first-order chi connectivity index (χ1) is 6.63. The Morgan fingerprint density at radius 2 is 1.36 bits per heavy atom. The van der Waals surface area contributed by atoms with Crippen molar-refractivity contribution in [1.29, 1.82) is 0 Å². The molecule has 2 rings (SSSR count). The van der Waals surface area contributed by atoms with E-state index < -0.39 is 11.6 Å². The second-order valence-corrected chi connectivity index (χ2v) is 3.03. The van der Waals surface area contributed by atoms with E-state index in [9.17, 15) is 9.59 Å². The minimum absolute atomic E-state index is 0.159. The zero-order chi connectivity index (χ0) is 10.3. The molecule has 0 saturated heterocycles.